The third-order valence-electron chi connectivity index (χ3n) is 4.10. The van der Waals surface area contributed by atoms with Gasteiger partial charge in [0, 0.05) is 32.7 Å². The quantitative estimate of drug-likeness (QED) is 0.638. The summed E-state index contributed by atoms with van der Waals surface area (Å²) in [4.78, 5) is 14.7. The molecule has 2 aromatic carbocycles. The van der Waals surface area contributed by atoms with Crippen LogP contribution < -0.4 is 4.90 Å². The fourth-order valence-electron chi connectivity index (χ4n) is 2.86. The first-order valence-electron chi connectivity index (χ1n) is 7.61. The van der Waals surface area contributed by atoms with Gasteiger partial charge in [0.2, 0.25) is 0 Å². The summed E-state index contributed by atoms with van der Waals surface area (Å²) in [5.41, 5.74) is 1.25. The third-order valence-corrected chi connectivity index (χ3v) is 4.10. The van der Waals surface area contributed by atoms with E-state index in [-0.39, 0.29) is 5.69 Å². The summed E-state index contributed by atoms with van der Waals surface area (Å²) in [7, 11) is 0. The first-order valence-corrected chi connectivity index (χ1v) is 7.61. The minimum absolute atomic E-state index is 0.0217. The standard InChI is InChI=1S/C17H16F2N3O2/c18-14-6-5-13(11-15(14)19)12-20-7-9-21(10-8-20)16-3-1-2-4-17(16)22(23)24/h1-3,5-6,11H,7-10,12H2. The summed E-state index contributed by atoms with van der Waals surface area (Å²) in [5.74, 6) is -1.70. The van der Waals surface area contributed by atoms with Crippen LogP contribution in [0.15, 0.2) is 36.4 Å². The van der Waals surface area contributed by atoms with E-state index in [0.717, 1.165) is 6.07 Å². The molecule has 1 heterocycles. The predicted octanol–water partition coefficient (Wildman–Crippen LogP) is 3.00. The van der Waals surface area contributed by atoms with Crippen molar-refractivity contribution < 1.29 is 13.7 Å². The second kappa shape index (κ2) is 6.92. The Morgan fingerprint density at radius 3 is 2.54 bits per heavy atom. The maximum atomic E-state index is 13.3. The second-order valence-corrected chi connectivity index (χ2v) is 5.67. The van der Waals surface area contributed by atoms with Crippen LogP contribution in [0.3, 0.4) is 0 Å². The Morgan fingerprint density at radius 2 is 1.88 bits per heavy atom. The van der Waals surface area contributed by atoms with Gasteiger partial charge < -0.3 is 4.90 Å². The van der Waals surface area contributed by atoms with E-state index < -0.39 is 16.6 Å². The molecule has 2 aromatic rings. The van der Waals surface area contributed by atoms with Crippen LogP contribution in [-0.2, 0) is 6.54 Å². The van der Waals surface area contributed by atoms with Crippen LogP contribution in [0, 0.1) is 27.8 Å². The number of rotatable bonds is 4. The zero-order chi connectivity index (χ0) is 17.1. The number of nitro groups is 1. The molecule has 0 atom stereocenters. The highest BCUT2D eigenvalue weighted by atomic mass is 19.2. The summed E-state index contributed by atoms with van der Waals surface area (Å²) in [6.45, 7) is 3.15. The van der Waals surface area contributed by atoms with Crippen molar-refractivity contribution in [3.05, 3.63) is 69.8 Å². The van der Waals surface area contributed by atoms with Gasteiger partial charge in [-0.1, -0.05) is 12.1 Å². The number of benzene rings is 2. The minimum atomic E-state index is -0.851. The van der Waals surface area contributed by atoms with Crippen LogP contribution in [0.25, 0.3) is 0 Å². The van der Waals surface area contributed by atoms with E-state index in [2.05, 4.69) is 11.0 Å². The molecule has 1 fully saturated rings. The molecule has 1 aliphatic heterocycles. The molecule has 3 rings (SSSR count). The minimum Gasteiger partial charge on any atom is -0.363 e. The van der Waals surface area contributed by atoms with Gasteiger partial charge in [-0.2, -0.15) is 0 Å². The average Bonchev–Trinajstić information content (AvgIpc) is 2.59. The fourth-order valence-corrected chi connectivity index (χ4v) is 2.86. The Balaban J connectivity index is 1.64. The number of hydrogen-bond acceptors (Lipinski definition) is 4. The van der Waals surface area contributed by atoms with E-state index in [9.17, 15) is 18.9 Å². The molecule has 24 heavy (non-hydrogen) atoms. The van der Waals surface area contributed by atoms with Crippen molar-refractivity contribution in [2.75, 3.05) is 31.1 Å². The Labute approximate surface area is 138 Å². The van der Waals surface area contributed by atoms with Crippen molar-refractivity contribution in [2.24, 2.45) is 0 Å². The average molecular weight is 332 g/mol. The number of nitrogens with zero attached hydrogens (tertiary/aromatic N) is 3. The van der Waals surface area contributed by atoms with E-state index in [1.165, 1.54) is 12.1 Å². The lowest BCUT2D eigenvalue weighted by Crippen LogP contribution is -2.46. The van der Waals surface area contributed by atoms with Crippen molar-refractivity contribution >= 4 is 11.4 Å². The van der Waals surface area contributed by atoms with Crippen molar-refractivity contribution in [1.82, 2.24) is 4.90 Å². The fraction of sp³-hybridized carbons (Fsp3) is 0.294. The monoisotopic (exact) mass is 332 g/mol. The summed E-state index contributed by atoms with van der Waals surface area (Å²) in [6.07, 6.45) is 0. The smallest absolute Gasteiger partial charge is 0.300 e. The summed E-state index contributed by atoms with van der Waals surface area (Å²) >= 11 is 0. The van der Waals surface area contributed by atoms with Crippen molar-refractivity contribution in [3.8, 4) is 0 Å². The van der Waals surface area contributed by atoms with E-state index in [1.54, 1.807) is 18.2 Å². The van der Waals surface area contributed by atoms with Gasteiger partial charge >= 0.3 is 5.69 Å². The first kappa shape index (κ1) is 16.3. The first-order chi connectivity index (χ1) is 11.5. The number of halogens is 2. The van der Waals surface area contributed by atoms with E-state index in [4.69, 9.17) is 0 Å². The zero-order valence-electron chi connectivity index (χ0n) is 12.9. The maximum Gasteiger partial charge on any atom is 0.300 e. The van der Waals surface area contributed by atoms with Gasteiger partial charge in [0.1, 0.15) is 5.69 Å². The zero-order valence-corrected chi connectivity index (χ0v) is 12.9. The van der Waals surface area contributed by atoms with Gasteiger partial charge in [0.25, 0.3) is 0 Å². The van der Waals surface area contributed by atoms with Crippen LogP contribution in [0.4, 0.5) is 20.2 Å². The van der Waals surface area contributed by atoms with E-state index in [0.29, 0.717) is 44.0 Å². The molecule has 125 valence electrons. The Kier molecular flexibility index (Phi) is 4.71. The predicted molar refractivity (Wildman–Crippen MR) is 85.8 cm³/mol. The van der Waals surface area contributed by atoms with E-state index >= 15 is 0 Å². The lowest BCUT2D eigenvalue weighted by atomic mass is 10.1. The van der Waals surface area contributed by atoms with E-state index in [1.807, 2.05) is 4.90 Å². The molecule has 1 aliphatic rings. The molecule has 0 N–H and O–H groups in total. The molecule has 5 nitrogen and oxygen atoms in total. The normalized spacial score (nSPS) is 15.5. The van der Waals surface area contributed by atoms with Gasteiger partial charge in [-0.05, 0) is 29.8 Å². The van der Waals surface area contributed by atoms with Crippen LogP contribution in [0.2, 0.25) is 0 Å². The topological polar surface area (TPSA) is 49.6 Å². The highest BCUT2D eigenvalue weighted by Gasteiger charge is 2.23. The van der Waals surface area contributed by atoms with Crippen LogP contribution in [0.5, 0.6) is 0 Å². The molecule has 0 saturated carbocycles. The molecule has 1 radical (unpaired) electrons. The highest BCUT2D eigenvalue weighted by Crippen LogP contribution is 2.28. The lowest BCUT2D eigenvalue weighted by molar-refractivity contribution is -0.384. The third kappa shape index (κ3) is 3.51. The van der Waals surface area contributed by atoms with Crippen LogP contribution in [-0.4, -0.2) is 36.0 Å². The van der Waals surface area contributed by atoms with Gasteiger partial charge in [0.05, 0.1) is 11.0 Å². The summed E-state index contributed by atoms with van der Waals surface area (Å²) in [6, 6.07) is 11.6. The number of nitro benzene ring substituents is 1. The van der Waals surface area contributed by atoms with Gasteiger partial charge in [0.15, 0.2) is 11.6 Å². The summed E-state index contributed by atoms with van der Waals surface area (Å²) in [5, 5.41) is 11.1. The molecule has 0 aromatic heterocycles. The largest absolute Gasteiger partial charge is 0.363 e. The number of piperazine rings is 1. The number of anilines is 1. The Hall–Kier alpha value is -2.54. The molecule has 7 heteroatoms. The second-order valence-electron chi connectivity index (χ2n) is 5.67. The van der Waals surface area contributed by atoms with Gasteiger partial charge in [-0.25, -0.2) is 8.78 Å². The van der Waals surface area contributed by atoms with Gasteiger partial charge in [-0.3, -0.25) is 15.0 Å². The molecule has 0 spiro atoms. The molecular weight excluding hydrogens is 316 g/mol. The number of hydrogen-bond donors (Lipinski definition) is 0. The van der Waals surface area contributed by atoms with Crippen LogP contribution >= 0.6 is 0 Å². The maximum absolute atomic E-state index is 13.3. The lowest BCUT2D eigenvalue weighted by Gasteiger charge is -2.35. The summed E-state index contributed by atoms with van der Waals surface area (Å²) < 4.78 is 26.2. The van der Waals surface area contributed by atoms with Crippen molar-refractivity contribution in [2.45, 2.75) is 6.54 Å². The molecule has 1 saturated heterocycles. The van der Waals surface area contributed by atoms with Crippen molar-refractivity contribution in [3.63, 3.8) is 0 Å². The SMILES string of the molecule is O=[N+]([O-])c1[c]cccc1N1CCN(Cc2ccc(F)c(F)c2)CC1. The van der Waals surface area contributed by atoms with Crippen LogP contribution in [0.1, 0.15) is 5.56 Å². The van der Waals surface area contributed by atoms with Crippen molar-refractivity contribution in [1.29, 1.82) is 0 Å². The Morgan fingerprint density at radius 1 is 1.12 bits per heavy atom. The molecule has 0 unspecified atom stereocenters. The molecule has 0 amide bonds. The molecule has 0 aliphatic carbocycles. The Bertz CT molecular complexity index is 746. The number of para-hydroxylation sites is 1. The molecule has 0 bridgehead atoms. The highest BCUT2D eigenvalue weighted by molar-refractivity contribution is 5.62. The molecular formula is C17H16F2N3O2. The van der Waals surface area contributed by atoms with Gasteiger partial charge in [-0.15, -0.1) is 0 Å².